The first kappa shape index (κ1) is 21.3. The fourth-order valence-corrected chi connectivity index (χ4v) is 3.35. The molecule has 0 saturated heterocycles. The molecule has 0 saturated carbocycles. The second kappa shape index (κ2) is 8.64. The van der Waals surface area contributed by atoms with Gasteiger partial charge in [0.1, 0.15) is 17.3 Å². The van der Waals surface area contributed by atoms with Crippen molar-refractivity contribution < 1.29 is 28.5 Å². The van der Waals surface area contributed by atoms with E-state index in [0.29, 0.717) is 22.5 Å². The molecular formula is C22H15ClN2O7. The zero-order valence-corrected chi connectivity index (χ0v) is 17.4. The summed E-state index contributed by atoms with van der Waals surface area (Å²) < 4.78 is 16.0. The number of benzene rings is 2. The Morgan fingerprint density at radius 1 is 1.25 bits per heavy atom. The number of fused-ring (bicyclic) bond motifs is 1. The maximum atomic E-state index is 12.8. The van der Waals surface area contributed by atoms with Gasteiger partial charge in [0.2, 0.25) is 5.78 Å². The van der Waals surface area contributed by atoms with E-state index in [1.165, 1.54) is 42.5 Å². The van der Waals surface area contributed by atoms with Gasteiger partial charge in [0.05, 0.1) is 16.9 Å². The van der Waals surface area contributed by atoms with Crippen molar-refractivity contribution in [3.63, 3.8) is 0 Å². The van der Waals surface area contributed by atoms with E-state index in [0.717, 1.165) is 0 Å². The SMILES string of the molecule is Cc1cc(OC(=O)CCc2cc(Cl)no2)cc2c1C(=O)/C(=C/c1ccc([N+](=O)[O-])cc1)O2. The first-order valence-corrected chi connectivity index (χ1v) is 9.83. The number of Topliss-reactive ketones (excluding diaryl/α,β-unsaturated/α-hetero) is 1. The van der Waals surface area contributed by atoms with Gasteiger partial charge in [0, 0.05) is 30.7 Å². The van der Waals surface area contributed by atoms with Crippen LogP contribution in [0.2, 0.25) is 5.15 Å². The lowest BCUT2D eigenvalue weighted by atomic mass is 10.0. The highest BCUT2D eigenvalue weighted by Gasteiger charge is 2.30. The Morgan fingerprint density at radius 3 is 2.66 bits per heavy atom. The van der Waals surface area contributed by atoms with Crippen LogP contribution < -0.4 is 9.47 Å². The van der Waals surface area contributed by atoms with Crippen LogP contribution in [0.3, 0.4) is 0 Å². The number of aromatic nitrogens is 1. The van der Waals surface area contributed by atoms with Crippen molar-refractivity contribution in [2.24, 2.45) is 0 Å². The third-order valence-electron chi connectivity index (χ3n) is 4.68. The molecule has 0 radical (unpaired) electrons. The number of nitro benzene ring substituents is 1. The maximum absolute atomic E-state index is 12.8. The monoisotopic (exact) mass is 454 g/mol. The molecular weight excluding hydrogens is 440 g/mol. The van der Waals surface area contributed by atoms with Gasteiger partial charge in [0.25, 0.3) is 5.69 Å². The first-order chi connectivity index (χ1) is 15.3. The van der Waals surface area contributed by atoms with Gasteiger partial charge in [-0.2, -0.15) is 0 Å². The van der Waals surface area contributed by atoms with Gasteiger partial charge in [-0.15, -0.1) is 0 Å². The van der Waals surface area contributed by atoms with Crippen LogP contribution in [0.5, 0.6) is 11.5 Å². The molecule has 1 aliphatic rings. The number of esters is 1. The summed E-state index contributed by atoms with van der Waals surface area (Å²) in [5.41, 5.74) is 1.48. The number of carbonyl (C=O) groups is 2. The average Bonchev–Trinajstić information content (AvgIpc) is 3.30. The first-order valence-electron chi connectivity index (χ1n) is 9.45. The number of nitrogens with zero attached hydrogens (tertiary/aromatic N) is 2. The van der Waals surface area contributed by atoms with Crippen molar-refractivity contribution in [2.45, 2.75) is 19.8 Å². The van der Waals surface area contributed by atoms with Crippen LogP contribution >= 0.6 is 11.6 Å². The molecule has 0 fully saturated rings. The molecule has 9 nitrogen and oxygen atoms in total. The van der Waals surface area contributed by atoms with E-state index >= 15 is 0 Å². The zero-order valence-electron chi connectivity index (χ0n) is 16.7. The number of non-ortho nitro benzene ring substituents is 1. The van der Waals surface area contributed by atoms with Crippen LogP contribution in [0.4, 0.5) is 5.69 Å². The molecule has 0 amide bonds. The minimum atomic E-state index is -0.503. The van der Waals surface area contributed by atoms with Crippen LogP contribution in [-0.4, -0.2) is 21.8 Å². The molecule has 3 aromatic rings. The number of rotatable bonds is 6. The normalized spacial score (nSPS) is 13.7. The number of carbonyl (C=O) groups excluding carboxylic acids is 2. The van der Waals surface area contributed by atoms with E-state index < -0.39 is 10.9 Å². The van der Waals surface area contributed by atoms with Crippen molar-refractivity contribution >= 4 is 35.1 Å². The summed E-state index contributed by atoms with van der Waals surface area (Å²) in [5, 5.41) is 14.5. The lowest BCUT2D eigenvalue weighted by Crippen LogP contribution is -2.09. The Balaban J connectivity index is 1.47. The molecule has 162 valence electrons. The number of halogens is 1. The largest absolute Gasteiger partial charge is 0.452 e. The second-order valence-electron chi connectivity index (χ2n) is 6.99. The van der Waals surface area contributed by atoms with Gasteiger partial charge < -0.3 is 14.0 Å². The molecule has 1 aliphatic heterocycles. The quantitative estimate of drug-likeness (QED) is 0.173. The van der Waals surface area contributed by atoms with Gasteiger partial charge in [-0.1, -0.05) is 16.8 Å². The lowest BCUT2D eigenvalue weighted by Gasteiger charge is -2.07. The van der Waals surface area contributed by atoms with E-state index in [2.05, 4.69) is 5.16 Å². The average molecular weight is 455 g/mol. The van der Waals surface area contributed by atoms with E-state index in [1.807, 2.05) is 0 Å². The van der Waals surface area contributed by atoms with Crippen LogP contribution in [0, 0.1) is 17.0 Å². The molecule has 0 spiro atoms. The summed E-state index contributed by atoms with van der Waals surface area (Å²) in [6, 6.07) is 10.3. The van der Waals surface area contributed by atoms with Crippen molar-refractivity contribution in [3.8, 4) is 11.5 Å². The summed E-state index contributed by atoms with van der Waals surface area (Å²) in [6.45, 7) is 1.71. The van der Waals surface area contributed by atoms with Gasteiger partial charge in [0.15, 0.2) is 10.9 Å². The molecule has 1 aromatic heterocycles. The smallest absolute Gasteiger partial charge is 0.311 e. The maximum Gasteiger partial charge on any atom is 0.311 e. The molecule has 2 aromatic carbocycles. The van der Waals surface area contributed by atoms with Gasteiger partial charge in [-0.05, 0) is 42.3 Å². The van der Waals surface area contributed by atoms with Crippen LogP contribution in [0.15, 0.2) is 52.7 Å². The Morgan fingerprint density at radius 2 is 2.00 bits per heavy atom. The van der Waals surface area contributed by atoms with Crippen molar-refractivity contribution in [3.05, 3.63) is 85.9 Å². The Labute approximate surface area is 186 Å². The molecule has 2 heterocycles. The van der Waals surface area contributed by atoms with E-state index in [-0.39, 0.29) is 46.7 Å². The molecule has 0 atom stereocenters. The number of aryl methyl sites for hydroxylation is 2. The molecule has 0 N–H and O–H groups in total. The second-order valence-corrected chi connectivity index (χ2v) is 7.38. The molecule has 0 unspecified atom stereocenters. The third-order valence-corrected chi connectivity index (χ3v) is 4.86. The van der Waals surface area contributed by atoms with Crippen LogP contribution in [0.1, 0.15) is 33.7 Å². The summed E-state index contributed by atoms with van der Waals surface area (Å²) in [5.74, 6) is 0.229. The highest BCUT2D eigenvalue weighted by atomic mass is 35.5. The predicted octanol–water partition coefficient (Wildman–Crippen LogP) is 4.70. The molecule has 32 heavy (non-hydrogen) atoms. The summed E-state index contributed by atoms with van der Waals surface area (Å²) in [6.07, 6.45) is 1.83. The number of allylic oxidation sites excluding steroid dienone is 1. The van der Waals surface area contributed by atoms with Gasteiger partial charge >= 0.3 is 5.97 Å². The fraction of sp³-hybridized carbons (Fsp3) is 0.136. The van der Waals surface area contributed by atoms with Crippen molar-refractivity contribution in [1.29, 1.82) is 0 Å². The summed E-state index contributed by atoms with van der Waals surface area (Å²) >= 11 is 5.68. The number of ketones is 1. The van der Waals surface area contributed by atoms with Gasteiger partial charge in [-0.3, -0.25) is 19.7 Å². The van der Waals surface area contributed by atoms with E-state index in [9.17, 15) is 19.7 Å². The Bertz CT molecular complexity index is 1260. The number of hydrogen-bond donors (Lipinski definition) is 0. The summed E-state index contributed by atoms with van der Waals surface area (Å²) in [7, 11) is 0. The third kappa shape index (κ3) is 4.52. The molecule has 0 bridgehead atoms. The Hall–Kier alpha value is -3.98. The minimum absolute atomic E-state index is 0.0484. The van der Waals surface area contributed by atoms with E-state index in [4.69, 9.17) is 25.6 Å². The predicted molar refractivity (Wildman–Crippen MR) is 113 cm³/mol. The molecule has 4 rings (SSSR count). The Kier molecular flexibility index (Phi) is 5.74. The molecule has 10 heteroatoms. The highest BCUT2D eigenvalue weighted by Crippen LogP contribution is 2.37. The zero-order chi connectivity index (χ0) is 22.8. The number of nitro groups is 1. The van der Waals surface area contributed by atoms with Crippen LogP contribution in [-0.2, 0) is 11.2 Å². The fourth-order valence-electron chi connectivity index (χ4n) is 3.19. The van der Waals surface area contributed by atoms with Crippen molar-refractivity contribution in [1.82, 2.24) is 5.16 Å². The minimum Gasteiger partial charge on any atom is -0.452 e. The van der Waals surface area contributed by atoms with Crippen molar-refractivity contribution in [2.75, 3.05) is 0 Å². The van der Waals surface area contributed by atoms with E-state index in [1.54, 1.807) is 13.0 Å². The standard InChI is InChI=1S/C22H15ClN2O7/c1-12-8-16(30-20(26)7-6-15-11-19(23)24-32-15)10-17-21(12)22(27)18(31-17)9-13-2-4-14(5-3-13)25(28)29/h2-5,8-11H,6-7H2,1H3/b18-9-. The topological polar surface area (TPSA) is 122 Å². The van der Waals surface area contributed by atoms with Crippen LogP contribution in [0.25, 0.3) is 6.08 Å². The van der Waals surface area contributed by atoms with Gasteiger partial charge in [-0.25, -0.2) is 0 Å². The lowest BCUT2D eigenvalue weighted by molar-refractivity contribution is -0.384. The summed E-state index contributed by atoms with van der Waals surface area (Å²) in [4.78, 5) is 35.2. The molecule has 0 aliphatic carbocycles. The highest BCUT2D eigenvalue weighted by molar-refractivity contribution is 6.29. The number of ether oxygens (including phenoxy) is 2. The number of hydrogen-bond acceptors (Lipinski definition) is 8.